The molecule has 1 aliphatic heterocycles. The van der Waals surface area contributed by atoms with Crippen molar-refractivity contribution in [1.82, 2.24) is 20.4 Å². The van der Waals surface area contributed by atoms with Crippen molar-refractivity contribution in [1.29, 1.82) is 0 Å². The molecule has 7 heteroatoms. The first-order valence-corrected chi connectivity index (χ1v) is 7.82. The normalized spacial score (nSPS) is 22.0. The molecule has 1 amide bonds. The first kappa shape index (κ1) is 16.3. The topological polar surface area (TPSA) is 59.0 Å². The number of amides is 1. The van der Waals surface area contributed by atoms with Gasteiger partial charge < -0.3 is 10.6 Å². The smallest absolute Gasteiger partial charge is 0.261 e. The number of aryl methyl sites for hydroxylation is 2. The molecule has 21 heavy (non-hydrogen) atoms. The molecule has 5 nitrogen and oxygen atoms in total. The molecule has 1 saturated heterocycles. The van der Waals surface area contributed by atoms with E-state index in [0.29, 0.717) is 5.92 Å². The van der Waals surface area contributed by atoms with Gasteiger partial charge in [0.2, 0.25) is 0 Å². The standard InChI is InChI=1S/C14H20N4OS.ClH/c1-8-4-5-15-7-11(8)16-13(19)12-6-10-9(2)17-18(3)14(10)20-12;/h6,8,11,15H,4-5,7H2,1-3H3,(H,16,19);1H. The quantitative estimate of drug-likeness (QED) is 0.887. The molecular formula is C14H21ClN4OS. The number of halogens is 1. The second-order valence-electron chi connectivity index (χ2n) is 5.59. The van der Waals surface area contributed by atoms with Gasteiger partial charge in [0, 0.05) is 25.0 Å². The summed E-state index contributed by atoms with van der Waals surface area (Å²) in [5, 5.41) is 11.9. The Labute approximate surface area is 134 Å². The monoisotopic (exact) mass is 328 g/mol. The van der Waals surface area contributed by atoms with Crippen molar-refractivity contribution in [3.63, 3.8) is 0 Å². The van der Waals surface area contributed by atoms with E-state index >= 15 is 0 Å². The number of aromatic nitrogens is 2. The zero-order chi connectivity index (χ0) is 14.3. The summed E-state index contributed by atoms with van der Waals surface area (Å²) in [5.74, 6) is 0.559. The van der Waals surface area contributed by atoms with Crippen LogP contribution in [0.4, 0.5) is 0 Å². The van der Waals surface area contributed by atoms with Crippen molar-refractivity contribution < 1.29 is 4.79 Å². The molecule has 0 bridgehead atoms. The van der Waals surface area contributed by atoms with Crippen molar-refractivity contribution >= 4 is 39.9 Å². The van der Waals surface area contributed by atoms with Crippen LogP contribution in [0.25, 0.3) is 10.2 Å². The minimum atomic E-state index is 0. The number of carbonyl (C=O) groups is 1. The highest BCUT2D eigenvalue weighted by molar-refractivity contribution is 7.20. The van der Waals surface area contributed by atoms with Crippen LogP contribution in [0.3, 0.4) is 0 Å². The van der Waals surface area contributed by atoms with Gasteiger partial charge in [-0.3, -0.25) is 9.48 Å². The van der Waals surface area contributed by atoms with E-state index in [4.69, 9.17) is 0 Å². The lowest BCUT2D eigenvalue weighted by atomic mass is 9.95. The minimum Gasteiger partial charge on any atom is -0.347 e. The van der Waals surface area contributed by atoms with E-state index in [9.17, 15) is 4.79 Å². The van der Waals surface area contributed by atoms with Crippen LogP contribution in [0.15, 0.2) is 6.07 Å². The number of thiophene rings is 1. The van der Waals surface area contributed by atoms with Crippen LogP contribution in [0.5, 0.6) is 0 Å². The summed E-state index contributed by atoms with van der Waals surface area (Å²) in [5.41, 5.74) is 0.977. The zero-order valence-corrected chi connectivity index (χ0v) is 14.1. The molecule has 0 saturated carbocycles. The lowest BCUT2D eigenvalue weighted by Crippen LogP contribution is -2.50. The van der Waals surface area contributed by atoms with Crippen LogP contribution in [-0.2, 0) is 7.05 Å². The first-order chi connectivity index (χ1) is 9.56. The number of piperidine rings is 1. The number of carbonyl (C=O) groups excluding carboxylic acids is 1. The Morgan fingerprint density at radius 3 is 3.00 bits per heavy atom. The minimum absolute atomic E-state index is 0. The molecule has 0 aliphatic carbocycles. The van der Waals surface area contributed by atoms with Gasteiger partial charge in [0.05, 0.1) is 10.6 Å². The summed E-state index contributed by atoms with van der Waals surface area (Å²) in [6.45, 7) is 6.08. The van der Waals surface area contributed by atoms with Crippen molar-refractivity contribution in [2.45, 2.75) is 26.3 Å². The van der Waals surface area contributed by atoms with Crippen molar-refractivity contribution in [3.8, 4) is 0 Å². The number of fused-ring (bicyclic) bond motifs is 1. The summed E-state index contributed by atoms with van der Waals surface area (Å²) < 4.78 is 1.84. The third-order valence-electron chi connectivity index (χ3n) is 4.06. The molecule has 0 spiro atoms. The number of rotatable bonds is 2. The number of nitrogens with zero attached hydrogens (tertiary/aromatic N) is 2. The lowest BCUT2D eigenvalue weighted by Gasteiger charge is -2.30. The summed E-state index contributed by atoms with van der Waals surface area (Å²) in [6, 6.07) is 2.18. The highest BCUT2D eigenvalue weighted by Gasteiger charge is 2.24. The maximum Gasteiger partial charge on any atom is 0.261 e. The van der Waals surface area contributed by atoms with E-state index in [-0.39, 0.29) is 24.4 Å². The zero-order valence-electron chi connectivity index (χ0n) is 12.5. The highest BCUT2D eigenvalue weighted by Crippen LogP contribution is 2.27. The fourth-order valence-electron chi connectivity index (χ4n) is 2.74. The predicted octanol–water partition coefficient (Wildman–Crippen LogP) is 2.09. The molecule has 116 valence electrons. The molecule has 2 N–H and O–H groups in total. The molecule has 1 aliphatic rings. The van der Waals surface area contributed by atoms with Crippen LogP contribution in [0.1, 0.15) is 28.7 Å². The Morgan fingerprint density at radius 2 is 2.33 bits per heavy atom. The summed E-state index contributed by atoms with van der Waals surface area (Å²) >= 11 is 1.51. The van der Waals surface area contributed by atoms with Crippen LogP contribution in [0.2, 0.25) is 0 Å². The van der Waals surface area contributed by atoms with E-state index in [0.717, 1.165) is 40.3 Å². The molecule has 1 fully saturated rings. The van der Waals surface area contributed by atoms with Gasteiger partial charge in [-0.15, -0.1) is 23.7 Å². The van der Waals surface area contributed by atoms with Gasteiger partial charge in [-0.1, -0.05) is 6.92 Å². The Kier molecular flexibility index (Phi) is 4.91. The number of hydrogen-bond donors (Lipinski definition) is 2. The fourth-order valence-corrected chi connectivity index (χ4v) is 3.77. The third-order valence-corrected chi connectivity index (χ3v) is 5.26. The molecule has 3 rings (SSSR count). The van der Waals surface area contributed by atoms with Crippen LogP contribution in [-0.4, -0.2) is 34.8 Å². The molecule has 2 aromatic heterocycles. The molecular weight excluding hydrogens is 308 g/mol. The van der Waals surface area contributed by atoms with Gasteiger partial charge in [0.1, 0.15) is 4.83 Å². The van der Waals surface area contributed by atoms with Gasteiger partial charge in [0.25, 0.3) is 5.91 Å². The lowest BCUT2D eigenvalue weighted by molar-refractivity contribution is 0.0919. The first-order valence-electron chi connectivity index (χ1n) is 7.01. The Hall–Kier alpha value is -1.11. The van der Waals surface area contributed by atoms with Gasteiger partial charge in [-0.2, -0.15) is 5.10 Å². The van der Waals surface area contributed by atoms with Gasteiger partial charge in [0.15, 0.2) is 0 Å². The van der Waals surface area contributed by atoms with Gasteiger partial charge in [-0.25, -0.2) is 0 Å². The third kappa shape index (κ3) is 3.07. The molecule has 2 unspecified atom stereocenters. The van der Waals surface area contributed by atoms with E-state index < -0.39 is 0 Å². The van der Waals surface area contributed by atoms with Crippen LogP contribution >= 0.6 is 23.7 Å². The van der Waals surface area contributed by atoms with Gasteiger partial charge in [-0.05, 0) is 31.9 Å². The van der Waals surface area contributed by atoms with E-state index in [1.54, 1.807) is 0 Å². The number of hydrogen-bond acceptors (Lipinski definition) is 4. The molecule has 0 aromatic carbocycles. The molecule has 2 aromatic rings. The van der Waals surface area contributed by atoms with E-state index in [1.807, 2.05) is 24.7 Å². The molecule has 2 atom stereocenters. The molecule has 3 heterocycles. The Balaban J connectivity index is 0.00000161. The summed E-state index contributed by atoms with van der Waals surface area (Å²) in [6.07, 6.45) is 1.11. The second-order valence-corrected chi connectivity index (χ2v) is 6.62. The van der Waals surface area contributed by atoms with Gasteiger partial charge >= 0.3 is 0 Å². The average molecular weight is 329 g/mol. The van der Waals surface area contributed by atoms with Crippen molar-refractivity contribution in [2.75, 3.05) is 13.1 Å². The van der Waals surface area contributed by atoms with Crippen LogP contribution < -0.4 is 10.6 Å². The average Bonchev–Trinajstić information content (AvgIpc) is 2.95. The number of nitrogens with one attached hydrogen (secondary N) is 2. The van der Waals surface area contributed by atoms with Crippen molar-refractivity contribution in [3.05, 3.63) is 16.6 Å². The maximum atomic E-state index is 12.4. The maximum absolute atomic E-state index is 12.4. The van der Waals surface area contributed by atoms with Crippen molar-refractivity contribution in [2.24, 2.45) is 13.0 Å². The van der Waals surface area contributed by atoms with E-state index in [1.165, 1.54) is 11.3 Å². The predicted molar refractivity (Wildman–Crippen MR) is 88.5 cm³/mol. The highest BCUT2D eigenvalue weighted by atomic mass is 35.5. The summed E-state index contributed by atoms with van der Waals surface area (Å²) in [4.78, 5) is 14.2. The summed E-state index contributed by atoms with van der Waals surface area (Å²) in [7, 11) is 1.92. The second kappa shape index (κ2) is 6.34. The molecule has 0 radical (unpaired) electrons. The SMILES string of the molecule is Cc1nn(C)c2sc(C(=O)NC3CNCCC3C)cc12.Cl. The Bertz CT molecular complexity index is 616. The Morgan fingerprint density at radius 1 is 1.57 bits per heavy atom. The van der Waals surface area contributed by atoms with E-state index in [2.05, 4.69) is 22.7 Å². The van der Waals surface area contributed by atoms with Crippen LogP contribution in [0, 0.1) is 12.8 Å². The fraction of sp³-hybridized carbons (Fsp3) is 0.571. The largest absolute Gasteiger partial charge is 0.347 e.